The number of halogens is 1. The van der Waals surface area contributed by atoms with Crippen molar-refractivity contribution in [3.63, 3.8) is 0 Å². The number of amides is 1. The summed E-state index contributed by atoms with van der Waals surface area (Å²) >= 11 is 1.54. The number of hydrogen-bond acceptors (Lipinski definition) is 2. The van der Waals surface area contributed by atoms with Gasteiger partial charge in [-0.2, -0.15) is 0 Å². The summed E-state index contributed by atoms with van der Waals surface area (Å²) < 4.78 is 12.9. The number of carbonyl (C=O) groups is 1. The molecule has 0 aliphatic rings. The fourth-order valence-electron chi connectivity index (χ4n) is 2.11. The molecule has 0 aliphatic heterocycles. The highest BCUT2D eigenvalue weighted by atomic mass is 32.2. The molecule has 1 amide bonds. The molecule has 2 aromatic carbocycles. The van der Waals surface area contributed by atoms with Crippen LogP contribution in [0.25, 0.3) is 0 Å². The summed E-state index contributed by atoms with van der Waals surface area (Å²) in [4.78, 5) is 12.3. The van der Waals surface area contributed by atoms with Gasteiger partial charge in [-0.15, -0.1) is 11.8 Å². The van der Waals surface area contributed by atoms with Crippen molar-refractivity contribution in [3.8, 4) is 0 Å². The first-order chi connectivity index (χ1) is 10.5. The number of nitrogens with one attached hydrogen (secondary N) is 1. The first-order valence-electron chi connectivity index (χ1n) is 7.20. The van der Waals surface area contributed by atoms with Crippen LogP contribution in [0.1, 0.15) is 23.6 Å². The summed E-state index contributed by atoms with van der Waals surface area (Å²) in [5, 5.41) is 2.83. The van der Waals surface area contributed by atoms with E-state index in [1.54, 1.807) is 12.1 Å². The van der Waals surface area contributed by atoms with Gasteiger partial charge in [0, 0.05) is 11.4 Å². The molecule has 1 N–H and O–H groups in total. The molecule has 2 aromatic rings. The highest BCUT2D eigenvalue weighted by molar-refractivity contribution is 7.99. The smallest absolute Gasteiger partial charge is 0.237 e. The van der Waals surface area contributed by atoms with E-state index < -0.39 is 0 Å². The maximum Gasteiger partial charge on any atom is 0.237 e. The van der Waals surface area contributed by atoms with Crippen molar-refractivity contribution >= 4 is 23.4 Å². The lowest BCUT2D eigenvalue weighted by atomic mass is 10.1. The Morgan fingerprint density at radius 2 is 1.73 bits per heavy atom. The Bertz CT molecular complexity index is 634. The van der Waals surface area contributed by atoms with E-state index in [2.05, 4.69) is 5.32 Å². The van der Waals surface area contributed by atoms with Crippen molar-refractivity contribution < 1.29 is 9.18 Å². The standard InChI is InChI=1S/C18H20FNOS/c1-12-5-4-6-13(2)17(12)20-18(21)14(3)22-11-15-7-9-16(19)10-8-15/h4-10,14H,11H2,1-3H3,(H,20,21). The highest BCUT2D eigenvalue weighted by Gasteiger charge is 2.15. The van der Waals surface area contributed by atoms with Gasteiger partial charge >= 0.3 is 0 Å². The molecule has 0 radical (unpaired) electrons. The van der Waals surface area contributed by atoms with Gasteiger partial charge in [-0.1, -0.05) is 30.3 Å². The Kier molecular flexibility index (Phi) is 5.61. The Morgan fingerprint density at radius 3 is 2.32 bits per heavy atom. The van der Waals surface area contributed by atoms with Crippen LogP contribution in [0.15, 0.2) is 42.5 Å². The van der Waals surface area contributed by atoms with E-state index in [0.29, 0.717) is 5.75 Å². The molecular weight excluding hydrogens is 297 g/mol. The largest absolute Gasteiger partial charge is 0.325 e. The first-order valence-corrected chi connectivity index (χ1v) is 8.25. The second kappa shape index (κ2) is 7.45. The van der Waals surface area contributed by atoms with Crippen LogP contribution in [0.2, 0.25) is 0 Å². The van der Waals surface area contributed by atoms with Crippen LogP contribution < -0.4 is 5.32 Å². The summed E-state index contributed by atoms with van der Waals surface area (Å²) in [6.07, 6.45) is 0. The Balaban J connectivity index is 1.93. The molecule has 2 rings (SSSR count). The maximum atomic E-state index is 12.9. The zero-order chi connectivity index (χ0) is 16.1. The van der Waals surface area contributed by atoms with E-state index in [1.807, 2.05) is 39.0 Å². The molecule has 0 fully saturated rings. The van der Waals surface area contributed by atoms with Crippen LogP contribution in [0.5, 0.6) is 0 Å². The van der Waals surface area contributed by atoms with Gasteiger partial charge < -0.3 is 5.32 Å². The number of carbonyl (C=O) groups excluding carboxylic acids is 1. The van der Waals surface area contributed by atoms with Crippen LogP contribution in [0.4, 0.5) is 10.1 Å². The molecule has 1 unspecified atom stereocenters. The Hall–Kier alpha value is -1.81. The number of aryl methyl sites for hydroxylation is 2. The fraction of sp³-hybridized carbons (Fsp3) is 0.278. The summed E-state index contributed by atoms with van der Waals surface area (Å²) in [6.45, 7) is 5.86. The van der Waals surface area contributed by atoms with E-state index in [-0.39, 0.29) is 17.0 Å². The van der Waals surface area contributed by atoms with Gasteiger partial charge in [0.15, 0.2) is 0 Å². The monoisotopic (exact) mass is 317 g/mol. The van der Waals surface area contributed by atoms with Gasteiger partial charge in [0.2, 0.25) is 5.91 Å². The highest BCUT2D eigenvalue weighted by Crippen LogP contribution is 2.23. The number of hydrogen-bond donors (Lipinski definition) is 1. The van der Waals surface area contributed by atoms with E-state index in [4.69, 9.17) is 0 Å². The van der Waals surface area contributed by atoms with Crippen molar-refractivity contribution in [1.29, 1.82) is 0 Å². The van der Waals surface area contributed by atoms with Gasteiger partial charge in [0.1, 0.15) is 5.82 Å². The maximum absolute atomic E-state index is 12.9. The number of benzene rings is 2. The van der Waals surface area contributed by atoms with Crippen LogP contribution in [0, 0.1) is 19.7 Å². The van der Waals surface area contributed by atoms with Crippen molar-refractivity contribution in [2.75, 3.05) is 5.32 Å². The molecule has 0 saturated carbocycles. The minimum atomic E-state index is -0.241. The van der Waals surface area contributed by atoms with E-state index in [0.717, 1.165) is 22.4 Å². The molecule has 4 heteroatoms. The average Bonchev–Trinajstić information content (AvgIpc) is 2.50. The molecule has 0 spiro atoms. The van der Waals surface area contributed by atoms with Gasteiger partial charge in [-0.05, 0) is 49.6 Å². The van der Waals surface area contributed by atoms with Crippen LogP contribution in [-0.4, -0.2) is 11.2 Å². The molecule has 0 aromatic heterocycles. The van der Waals surface area contributed by atoms with Crippen LogP contribution in [0.3, 0.4) is 0 Å². The number of anilines is 1. The minimum Gasteiger partial charge on any atom is -0.325 e. The summed E-state index contributed by atoms with van der Waals surface area (Å²) in [5.41, 5.74) is 4.02. The second-order valence-corrected chi connectivity index (χ2v) is 6.66. The predicted molar refractivity (Wildman–Crippen MR) is 91.7 cm³/mol. The Morgan fingerprint density at radius 1 is 1.14 bits per heavy atom. The van der Waals surface area contributed by atoms with Crippen molar-refractivity contribution in [1.82, 2.24) is 0 Å². The molecule has 0 aliphatic carbocycles. The topological polar surface area (TPSA) is 29.1 Å². The quantitative estimate of drug-likeness (QED) is 0.866. The Labute approximate surface area is 135 Å². The second-order valence-electron chi connectivity index (χ2n) is 5.34. The lowest BCUT2D eigenvalue weighted by Crippen LogP contribution is -2.23. The summed E-state index contributed by atoms with van der Waals surface area (Å²) in [5.74, 6) is 0.431. The van der Waals surface area contributed by atoms with Crippen molar-refractivity contribution in [3.05, 3.63) is 65.0 Å². The number of para-hydroxylation sites is 1. The molecular formula is C18H20FNOS. The van der Waals surface area contributed by atoms with E-state index in [1.165, 1.54) is 23.9 Å². The zero-order valence-electron chi connectivity index (χ0n) is 13.0. The van der Waals surface area contributed by atoms with Gasteiger partial charge in [-0.25, -0.2) is 4.39 Å². The molecule has 0 bridgehead atoms. The van der Waals surface area contributed by atoms with E-state index >= 15 is 0 Å². The first kappa shape index (κ1) is 16.6. The van der Waals surface area contributed by atoms with Gasteiger partial charge in [0.25, 0.3) is 0 Å². The third-order valence-corrected chi connectivity index (χ3v) is 4.73. The summed E-state index contributed by atoms with van der Waals surface area (Å²) in [6, 6.07) is 12.3. The molecule has 0 heterocycles. The summed E-state index contributed by atoms with van der Waals surface area (Å²) in [7, 11) is 0. The van der Waals surface area contributed by atoms with Crippen molar-refractivity contribution in [2.24, 2.45) is 0 Å². The third kappa shape index (κ3) is 4.34. The predicted octanol–water partition coefficient (Wildman–Crippen LogP) is 4.70. The molecule has 1 atom stereocenters. The molecule has 116 valence electrons. The van der Waals surface area contributed by atoms with E-state index in [9.17, 15) is 9.18 Å². The minimum absolute atomic E-state index is 0.00971. The molecule has 22 heavy (non-hydrogen) atoms. The number of thioether (sulfide) groups is 1. The molecule has 2 nitrogen and oxygen atoms in total. The molecule has 0 saturated heterocycles. The van der Waals surface area contributed by atoms with Gasteiger partial charge in [-0.3, -0.25) is 4.79 Å². The average molecular weight is 317 g/mol. The lowest BCUT2D eigenvalue weighted by Gasteiger charge is -2.15. The van der Waals surface area contributed by atoms with Gasteiger partial charge in [0.05, 0.1) is 5.25 Å². The lowest BCUT2D eigenvalue weighted by molar-refractivity contribution is -0.115. The third-order valence-electron chi connectivity index (χ3n) is 3.51. The zero-order valence-corrected chi connectivity index (χ0v) is 13.8. The number of rotatable bonds is 5. The van der Waals surface area contributed by atoms with Crippen molar-refractivity contribution in [2.45, 2.75) is 31.8 Å². The van der Waals surface area contributed by atoms with Crippen LogP contribution >= 0.6 is 11.8 Å². The SMILES string of the molecule is Cc1cccc(C)c1NC(=O)C(C)SCc1ccc(F)cc1. The fourth-order valence-corrected chi connectivity index (χ4v) is 2.96. The normalized spacial score (nSPS) is 12.0. The van der Waals surface area contributed by atoms with Crippen LogP contribution in [-0.2, 0) is 10.5 Å².